The minimum Gasteiger partial charge on any atom is -0.325 e. The summed E-state index contributed by atoms with van der Waals surface area (Å²) in [6.07, 6.45) is 1.81. The fraction of sp³-hybridized carbons (Fsp3) is 0.227. The van der Waals surface area contributed by atoms with Gasteiger partial charge in [-0.2, -0.15) is 0 Å². The number of thioether (sulfide) groups is 1. The molecule has 144 valence electrons. The zero-order valence-electron chi connectivity index (χ0n) is 16.3. The molecule has 5 nitrogen and oxygen atoms in total. The number of carbonyl (C=O) groups is 1. The fourth-order valence-electron chi connectivity index (χ4n) is 2.92. The maximum absolute atomic E-state index is 12.8. The molecule has 0 aliphatic carbocycles. The smallest absolute Gasteiger partial charge is 0.237 e. The van der Waals surface area contributed by atoms with Gasteiger partial charge in [0.25, 0.3) is 0 Å². The SMILES string of the molecule is C=CCn1c(SC(C)C(=O)Nc2c(C)cccc2C)nnc1-c1ccccc1. The van der Waals surface area contributed by atoms with Crippen LogP contribution in [0.1, 0.15) is 18.1 Å². The number of hydrogen-bond donors (Lipinski definition) is 1. The molecular formula is C22H24N4OS. The summed E-state index contributed by atoms with van der Waals surface area (Å²) in [5.74, 6) is 0.710. The van der Waals surface area contributed by atoms with E-state index in [4.69, 9.17) is 0 Å². The number of amides is 1. The largest absolute Gasteiger partial charge is 0.325 e. The van der Waals surface area contributed by atoms with Crippen molar-refractivity contribution in [3.63, 3.8) is 0 Å². The van der Waals surface area contributed by atoms with Crippen LogP contribution < -0.4 is 5.32 Å². The van der Waals surface area contributed by atoms with E-state index in [-0.39, 0.29) is 11.2 Å². The third-order valence-corrected chi connectivity index (χ3v) is 5.52. The van der Waals surface area contributed by atoms with Gasteiger partial charge in [-0.1, -0.05) is 66.4 Å². The Morgan fingerprint density at radius 2 is 1.82 bits per heavy atom. The number of hydrogen-bond acceptors (Lipinski definition) is 4. The summed E-state index contributed by atoms with van der Waals surface area (Å²) in [5, 5.41) is 12.1. The first-order valence-corrected chi connectivity index (χ1v) is 10.0. The van der Waals surface area contributed by atoms with Gasteiger partial charge in [0.2, 0.25) is 5.91 Å². The highest BCUT2D eigenvalue weighted by atomic mass is 32.2. The van der Waals surface area contributed by atoms with Crippen molar-refractivity contribution in [2.24, 2.45) is 0 Å². The van der Waals surface area contributed by atoms with Crippen LogP contribution in [0.5, 0.6) is 0 Å². The van der Waals surface area contributed by atoms with E-state index in [0.717, 1.165) is 28.2 Å². The maximum Gasteiger partial charge on any atom is 0.237 e. The van der Waals surface area contributed by atoms with Crippen molar-refractivity contribution in [3.05, 3.63) is 72.3 Å². The van der Waals surface area contributed by atoms with E-state index in [1.807, 2.05) is 73.9 Å². The lowest BCUT2D eigenvalue weighted by molar-refractivity contribution is -0.115. The van der Waals surface area contributed by atoms with Crippen LogP contribution in [0.15, 0.2) is 66.3 Å². The Morgan fingerprint density at radius 1 is 1.14 bits per heavy atom. The second kappa shape index (κ2) is 8.89. The van der Waals surface area contributed by atoms with Gasteiger partial charge in [-0.05, 0) is 31.9 Å². The Balaban J connectivity index is 1.80. The molecule has 1 heterocycles. The number of benzene rings is 2. The standard InChI is InChI=1S/C22H24N4OS/c1-5-14-26-20(18-12-7-6-8-13-18)24-25-22(26)28-17(4)21(27)23-19-15(2)10-9-11-16(19)3/h5-13,17H,1,14H2,2-4H3,(H,23,27). The molecule has 0 fully saturated rings. The first-order valence-electron chi connectivity index (χ1n) is 9.14. The van der Waals surface area contributed by atoms with Crippen LogP contribution >= 0.6 is 11.8 Å². The normalized spacial score (nSPS) is 11.8. The number of nitrogens with zero attached hydrogens (tertiary/aromatic N) is 3. The lowest BCUT2D eigenvalue weighted by Gasteiger charge is -2.15. The van der Waals surface area contributed by atoms with Crippen molar-refractivity contribution >= 4 is 23.4 Å². The monoisotopic (exact) mass is 392 g/mol. The Bertz CT molecular complexity index is 961. The molecule has 0 saturated heterocycles. The van der Waals surface area contributed by atoms with Gasteiger partial charge in [-0.15, -0.1) is 16.8 Å². The van der Waals surface area contributed by atoms with E-state index >= 15 is 0 Å². The Hall–Kier alpha value is -2.86. The molecule has 28 heavy (non-hydrogen) atoms. The summed E-state index contributed by atoms with van der Waals surface area (Å²) in [4.78, 5) is 12.8. The van der Waals surface area contributed by atoms with Gasteiger partial charge < -0.3 is 5.32 Å². The van der Waals surface area contributed by atoms with Gasteiger partial charge in [-0.25, -0.2) is 0 Å². The molecule has 1 amide bonds. The van der Waals surface area contributed by atoms with Gasteiger partial charge in [0.1, 0.15) is 0 Å². The molecule has 1 atom stereocenters. The number of aromatic nitrogens is 3. The first-order chi connectivity index (χ1) is 13.5. The predicted octanol–water partition coefficient (Wildman–Crippen LogP) is 4.87. The van der Waals surface area contributed by atoms with E-state index < -0.39 is 0 Å². The minimum absolute atomic E-state index is 0.0585. The van der Waals surface area contributed by atoms with Crippen LogP contribution in [-0.2, 0) is 11.3 Å². The highest BCUT2D eigenvalue weighted by Gasteiger charge is 2.21. The predicted molar refractivity (Wildman–Crippen MR) is 116 cm³/mol. The molecular weight excluding hydrogens is 368 g/mol. The highest BCUT2D eigenvalue weighted by Crippen LogP contribution is 2.28. The zero-order chi connectivity index (χ0) is 20.1. The third-order valence-electron chi connectivity index (χ3n) is 4.44. The van der Waals surface area contributed by atoms with E-state index in [1.54, 1.807) is 6.08 Å². The van der Waals surface area contributed by atoms with E-state index in [2.05, 4.69) is 22.1 Å². The number of anilines is 1. The average molecular weight is 393 g/mol. The molecule has 6 heteroatoms. The molecule has 3 rings (SSSR count). The molecule has 1 unspecified atom stereocenters. The highest BCUT2D eigenvalue weighted by molar-refractivity contribution is 8.00. The molecule has 1 aromatic heterocycles. The summed E-state index contributed by atoms with van der Waals surface area (Å²) in [5.41, 5.74) is 3.95. The molecule has 0 aliphatic rings. The second-order valence-corrected chi connectivity index (χ2v) is 7.90. The van der Waals surface area contributed by atoms with E-state index in [0.29, 0.717) is 11.7 Å². The fourth-order valence-corrected chi connectivity index (χ4v) is 3.78. The van der Waals surface area contributed by atoms with Gasteiger partial charge in [-0.3, -0.25) is 9.36 Å². The molecule has 3 aromatic rings. The Labute approximate surface area is 169 Å². The molecule has 0 saturated carbocycles. The van der Waals surface area contributed by atoms with Crippen molar-refractivity contribution in [1.82, 2.24) is 14.8 Å². The first kappa shape index (κ1) is 19.9. The number of para-hydroxylation sites is 1. The number of allylic oxidation sites excluding steroid dienone is 1. The van der Waals surface area contributed by atoms with Crippen LogP contribution in [-0.4, -0.2) is 25.9 Å². The van der Waals surface area contributed by atoms with Crippen LogP contribution in [0.4, 0.5) is 5.69 Å². The van der Waals surface area contributed by atoms with Gasteiger partial charge in [0, 0.05) is 17.8 Å². The van der Waals surface area contributed by atoms with Crippen molar-refractivity contribution in [3.8, 4) is 11.4 Å². The van der Waals surface area contributed by atoms with Crippen LogP contribution in [0.3, 0.4) is 0 Å². The van der Waals surface area contributed by atoms with Crippen molar-refractivity contribution in [1.29, 1.82) is 0 Å². The van der Waals surface area contributed by atoms with Gasteiger partial charge in [0.15, 0.2) is 11.0 Å². The lowest BCUT2D eigenvalue weighted by atomic mass is 10.1. The third kappa shape index (κ3) is 4.34. The van der Waals surface area contributed by atoms with Crippen LogP contribution in [0.25, 0.3) is 11.4 Å². The Morgan fingerprint density at radius 3 is 2.46 bits per heavy atom. The molecule has 0 spiro atoms. The van der Waals surface area contributed by atoms with Crippen LogP contribution in [0, 0.1) is 13.8 Å². The summed E-state index contributed by atoms with van der Waals surface area (Å²) in [7, 11) is 0. The topological polar surface area (TPSA) is 59.8 Å². The van der Waals surface area contributed by atoms with E-state index in [1.165, 1.54) is 11.8 Å². The second-order valence-electron chi connectivity index (χ2n) is 6.59. The molecule has 0 radical (unpaired) electrons. The quantitative estimate of drug-likeness (QED) is 0.460. The average Bonchev–Trinajstić information content (AvgIpc) is 3.08. The Kier molecular flexibility index (Phi) is 6.31. The molecule has 2 aromatic carbocycles. The maximum atomic E-state index is 12.8. The van der Waals surface area contributed by atoms with Crippen molar-refractivity contribution in [2.45, 2.75) is 37.7 Å². The number of aryl methyl sites for hydroxylation is 2. The summed E-state index contributed by atoms with van der Waals surface area (Å²) < 4.78 is 1.98. The lowest BCUT2D eigenvalue weighted by Crippen LogP contribution is -2.24. The molecule has 0 bridgehead atoms. The molecule has 0 aliphatic heterocycles. The van der Waals surface area contributed by atoms with Gasteiger partial charge in [0.05, 0.1) is 5.25 Å². The van der Waals surface area contributed by atoms with Crippen molar-refractivity contribution < 1.29 is 4.79 Å². The molecule has 1 N–H and O–H groups in total. The van der Waals surface area contributed by atoms with E-state index in [9.17, 15) is 4.79 Å². The minimum atomic E-state index is -0.324. The zero-order valence-corrected chi connectivity index (χ0v) is 17.2. The number of rotatable bonds is 7. The number of carbonyl (C=O) groups excluding carboxylic acids is 1. The number of nitrogens with one attached hydrogen (secondary N) is 1. The van der Waals surface area contributed by atoms with Crippen molar-refractivity contribution in [2.75, 3.05) is 5.32 Å². The summed E-state index contributed by atoms with van der Waals surface area (Å²) in [6.45, 7) is 10.3. The summed E-state index contributed by atoms with van der Waals surface area (Å²) in [6, 6.07) is 15.9. The van der Waals surface area contributed by atoms with Crippen LogP contribution in [0.2, 0.25) is 0 Å². The summed E-state index contributed by atoms with van der Waals surface area (Å²) >= 11 is 1.39. The van der Waals surface area contributed by atoms with Gasteiger partial charge >= 0.3 is 0 Å².